The molecule has 0 amide bonds. The van der Waals surface area contributed by atoms with Gasteiger partial charge < -0.3 is 44.6 Å². The summed E-state index contributed by atoms with van der Waals surface area (Å²) in [7, 11) is 2.11. The van der Waals surface area contributed by atoms with Gasteiger partial charge in [0.05, 0.1) is 0 Å². The van der Waals surface area contributed by atoms with Crippen LogP contribution in [0.2, 0.25) is 0 Å². The van der Waals surface area contributed by atoms with Gasteiger partial charge in [0.2, 0.25) is 0 Å². The molecule has 0 aromatic heterocycles. The molecule has 5 N–H and O–H groups in total. The lowest BCUT2D eigenvalue weighted by Crippen LogP contribution is -2.66. The van der Waals surface area contributed by atoms with Crippen LogP contribution in [0.3, 0.4) is 0 Å². The number of carboxylic acid groups (broad SMARTS) is 1. The lowest BCUT2D eigenvalue weighted by molar-refractivity contribution is -0.307. The van der Waals surface area contributed by atoms with Crippen LogP contribution in [-0.2, 0) is 26.1 Å². The molecule has 0 unspecified atom stereocenters. The number of likely N-dealkylation sites (N-methyl/N-ethyl adjacent to an activating group) is 1. The van der Waals surface area contributed by atoms with E-state index in [1.54, 1.807) is 6.07 Å². The molecule has 10 heteroatoms. The Bertz CT molecular complexity index is 1030. The minimum Gasteiger partial charge on any atom is -0.504 e. The molecular weight excluding hydrogens is 434 g/mol. The Morgan fingerprint density at radius 2 is 1.97 bits per heavy atom. The van der Waals surface area contributed by atoms with Gasteiger partial charge in [0.15, 0.2) is 23.9 Å². The molecule has 1 spiro atoms. The van der Waals surface area contributed by atoms with Gasteiger partial charge in [0.1, 0.15) is 30.5 Å². The number of rotatable bonds is 3. The maximum absolute atomic E-state index is 11.5. The highest BCUT2D eigenvalue weighted by Gasteiger charge is 2.65. The van der Waals surface area contributed by atoms with E-state index in [0.717, 1.165) is 30.5 Å². The topological polar surface area (TPSA) is 149 Å². The molecule has 2 bridgehead atoms. The van der Waals surface area contributed by atoms with Crippen LogP contribution in [-0.4, -0.2) is 98.9 Å². The number of carboxylic acids is 1. The monoisotopic (exact) mass is 461 g/mol. The Labute approximate surface area is 189 Å². The van der Waals surface area contributed by atoms with Crippen LogP contribution in [0.5, 0.6) is 11.5 Å². The van der Waals surface area contributed by atoms with Gasteiger partial charge in [-0.15, -0.1) is 0 Å². The van der Waals surface area contributed by atoms with Crippen molar-refractivity contribution in [2.24, 2.45) is 5.92 Å². The van der Waals surface area contributed by atoms with E-state index in [4.69, 9.17) is 14.2 Å². The quantitative estimate of drug-likeness (QED) is 0.359. The molecule has 3 aliphatic heterocycles. The molecule has 0 radical (unpaired) electrons. The number of aliphatic hydroxyl groups is 3. The minimum atomic E-state index is -1.79. The van der Waals surface area contributed by atoms with Crippen molar-refractivity contribution >= 4 is 5.97 Å². The van der Waals surface area contributed by atoms with E-state index >= 15 is 0 Å². The van der Waals surface area contributed by atoms with E-state index in [0.29, 0.717) is 5.75 Å². The molecule has 3 heterocycles. The Hall–Kier alpha value is -2.21. The third-order valence-corrected chi connectivity index (χ3v) is 8.23. The lowest BCUT2D eigenvalue weighted by Gasteiger charge is -2.57. The van der Waals surface area contributed by atoms with Crippen LogP contribution in [0, 0.1) is 5.92 Å². The summed E-state index contributed by atoms with van der Waals surface area (Å²) in [4.78, 5) is 13.8. The molecular formula is C23H27NO9. The van der Waals surface area contributed by atoms with Crippen LogP contribution in [0.1, 0.15) is 17.5 Å². The lowest BCUT2D eigenvalue weighted by atomic mass is 9.53. The Morgan fingerprint density at radius 3 is 2.73 bits per heavy atom. The number of nitrogens with zero attached hydrogens (tertiary/aromatic N) is 1. The first-order valence-corrected chi connectivity index (χ1v) is 11.2. The maximum Gasteiger partial charge on any atom is 0.335 e. The third-order valence-electron chi connectivity index (χ3n) is 8.23. The molecule has 10 atom stereocenters. The summed E-state index contributed by atoms with van der Waals surface area (Å²) >= 11 is 0. The largest absolute Gasteiger partial charge is 0.504 e. The standard InChI is InChI=1S/C23H27NO9/c1-24-7-6-23-10-3-5-13(31-22-17(28)15(26)16(27)19(33-22)21(29)30)20(23)32-18-12(25)4-2-9(14(18)23)8-11(10)24/h2-5,10-11,13,15-17,19-20,22,25-28H,6-8H2,1H3,(H,29,30)/t10-,11-,13-,15-,16-,17+,19-,20+,22+,23-/m0/s1. The molecule has 178 valence electrons. The van der Waals surface area contributed by atoms with Gasteiger partial charge in [-0.05, 0) is 38.1 Å². The van der Waals surface area contributed by atoms with Crippen LogP contribution < -0.4 is 4.74 Å². The Morgan fingerprint density at radius 1 is 1.18 bits per heavy atom. The van der Waals surface area contributed by atoms with E-state index in [2.05, 4.69) is 18.0 Å². The zero-order valence-corrected chi connectivity index (χ0v) is 17.9. The number of benzene rings is 1. The fraction of sp³-hybridized carbons (Fsp3) is 0.609. The highest BCUT2D eigenvalue weighted by atomic mass is 16.7. The molecule has 2 saturated heterocycles. The number of carbonyl (C=O) groups is 1. The Kier molecular flexibility index (Phi) is 4.62. The molecule has 1 aromatic rings. The third kappa shape index (κ3) is 2.73. The van der Waals surface area contributed by atoms with Gasteiger partial charge in [0.25, 0.3) is 0 Å². The SMILES string of the molecule is CN1CC[C@]23c4c5ccc(O)c4O[C@@H]2[C@@H](O[C@@H]2O[C@H](C(=O)O)[C@@H](O)[C@H](O)[C@H]2O)C=C[C@H]3[C@@H]1C5. The van der Waals surface area contributed by atoms with E-state index in [9.17, 15) is 30.3 Å². The zero-order valence-electron chi connectivity index (χ0n) is 17.9. The first-order chi connectivity index (χ1) is 15.7. The van der Waals surface area contributed by atoms with Crippen molar-refractivity contribution in [2.75, 3.05) is 13.6 Å². The van der Waals surface area contributed by atoms with Gasteiger partial charge in [-0.1, -0.05) is 18.2 Å². The van der Waals surface area contributed by atoms with Crippen molar-refractivity contribution in [3.8, 4) is 11.5 Å². The highest BCUT2D eigenvalue weighted by Crippen LogP contribution is 2.62. The molecule has 2 fully saturated rings. The molecule has 5 aliphatic rings. The van der Waals surface area contributed by atoms with Crippen molar-refractivity contribution < 1.29 is 44.5 Å². The summed E-state index contributed by atoms with van der Waals surface area (Å²) in [5.74, 6) is -0.824. The minimum absolute atomic E-state index is 0.0610. The number of phenolic OH excluding ortho intramolecular Hbond substituents is 1. The number of aromatic hydroxyl groups is 1. The normalized spacial score (nSPS) is 45.4. The van der Waals surface area contributed by atoms with Crippen molar-refractivity contribution in [1.82, 2.24) is 4.90 Å². The van der Waals surface area contributed by atoms with Crippen LogP contribution in [0.15, 0.2) is 24.3 Å². The second-order valence-corrected chi connectivity index (χ2v) is 9.78. The molecule has 1 aromatic carbocycles. The average Bonchev–Trinajstić information content (AvgIpc) is 3.14. The van der Waals surface area contributed by atoms with Gasteiger partial charge in [-0.3, -0.25) is 0 Å². The van der Waals surface area contributed by atoms with E-state index < -0.39 is 54.3 Å². The average molecular weight is 461 g/mol. The van der Waals surface area contributed by atoms with Crippen LogP contribution in [0.25, 0.3) is 0 Å². The number of aliphatic carboxylic acids is 1. The van der Waals surface area contributed by atoms with Gasteiger partial charge >= 0.3 is 5.97 Å². The second-order valence-electron chi connectivity index (χ2n) is 9.78. The molecule has 33 heavy (non-hydrogen) atoms. The number of hydrogen-bond donors (Lipinski definition) is 5. The fourth-order valence-corrected chi connectivity index (χ4v) is 6.66. The van der Waals surface area contributed by atoms with Gasteiger partial charge in [0, 0.05) is 22.9 Å². The summed E-state index contributed by atoms with van der Waals surface area (Å²) in [5.41, 5.74) is 1.69. The number of hydrogen-bond acceptors (Lipinski definition) is 9. The number of piperidine rings is 1. The number of phenols is 1. The predicted molar refractivity (Wildman–Crippen MR) is 111 cm³/mol. The van der Waals surface area contributed by atoms with E-state index in [1.807, 2.05) is 12.1 Å². The van der Waals surface area contributed by atoms with Crippen molar-refractivity contribution in [1.29, 1.82) is 0 Å². The van der Waals surface area contributed by atoms with Crippen molar-refractivity contribution in [2.45, 2.75) is 67.2 Å². The number of aliphatic hydroxyl groups excluding tert-OH is 3. The van der Waals surface area contributed by atoms with Gasteiger partial charge in [-0.2, -0.15) is 0 Å². The molecule has 0 saturated carbocycles. The molecule has 2 aliphatic carbocycles. The molecule has 10 nitrogen and oxygen atoms in total. The highest BCUT2D eigenvalue weighted by molar-refractivity contribution is 5.73. The first-order valence-electron chi connectivity index (χ1n) is 11.2. The van der Waals surface area contributed by atoms with Crippen LogP contribution >= 0.6 is 0 Å². The van der Waals surface area contributed by atoms with E-state index in [-0.39, 0.29) is 17.7 Å². The number of likely N-dealkylation sites (tertiary alicyclic amines) is 1. The predicted octanol–water partition coefficient (Wildman–Crippen LogP) is -0.885. The summed E-state index contributed by atoms with van der Waals surface area (Å²) in [5, 5.41) is 50.5. The smallest absolute Gasteiger partial charge is 0.335 e. The zero-order chi connectivity index (χ0) is 23.2. The fourth-order valence-electron chi connectivity index (χ4n) is 6.66. The first kappa shape index (κ1) is 21.3. The number of ether oxygens (including phenoxy) is 3. The summed E-state index contributed by atoms with van der Waals surface area (Å²) < 4.78 is 17.7. The maximum atomic E-state index is 11.5. The Balaban J connectivity index is 1.38. The van der Waals surface area contributed by atoms with E-state index in [1.165, 1.54) is 0 Å². The molecule has 6 rings (SSSR count). The van der Waals surface area contributed by atoms with Crippen molar-refractivity contribution in [3.63, 3.8) is 0 Å². The summed E-state index contributed by atoms with van der Waals surface area (Å²) in [6, 6.07) is 3.85. The van der Waals surface area contributed by atoms with Crippen LogP contribution in [0.4, 0.5) is 0 Å². The van der Waals surface area contributed by atoms with Crippen molar-refractivity contribution in [3.05, 3.63) is 35.4 Å². The summed E-state index contributed by atoms with van der Waals surface area (Å²) in [6.45, 7) is 0.838. The second kappa shape index (κ2) is 7.14. The van der Waals surface area contributed by atoms with Gasteiger partial charge in [-0.25, -0.2) is 4.79 Å². The summed E-state index contributed by atoms with van der Waals surface area (Å²) in [6.07, 6.45) is -4.16.